The zero-order chi connectivity index (χ0) is 57.4. The van der Waals surface area contributed by atoms with E-state index in [-0.39, 0.29) is 0 Å². The Hall–Kier alpha value is -6.85. The van der Waals surface area contributed by atoms with Gasteiger partial charge in [0, 0.05) is 32.8 Å². The predicted octanol–water partition coefficient (Wildman–Crippen LogP) is 11.5. The summed E-state index contributed by atoms with van der Waals surface area (Å²) in [7, 11) is 0. The standard InChI is InChI=1S/C45H28N4O/c1-4-13-29(14-5-1)32-23-26-36-41(28-32)50-40-22-12-21-38(42(36)40)49-37-20-11-10-19-34(37)35-25-24-33(27-39(35)49)45-47-43(30-15-6-2-7-16-30)46-44(48-45)31-17-8-3-9-18-31/h1-28H/i1D,2D,3D,4D,5D,6D,7D,8D,9D,10D,11D,12D,13D,14D,15D,16D,17D,18D,19D,20D,21D,22D,23D,24D,25D,26D,27D,28D. The highest BCUT2D eigenvalue weighted by molar-refractivity contribution is 6.15. The molecule has 10 aromatic rings. The number of fused-ring (bicyclic) bond motifs is 6. The molecule has 0 radical (unpaired) electrons. The summed E-state index contributed by atoms with van der Waals surface area (Å²) < 4.78 is 254. The van der Waals surface area contributed by atoms with Gasteiger partial charge >= 0.3 is 0 Å². The van der Waals surface area contributed by atoms with Crippen molar-refractivity contribution in [2.75, 3.05) is 0 Å². The number of para-hydroxylation sites is 1. The van der Waals surface area contributed by atoms with Gasteiger partial charge in [-0.15, -0.1) is 0 Å². The maximum absolute atomic E-state index is 10.0. The molecule has 0 saturated heterocycles. The van der Waals surface area contributed by atoms with Crippen LogP contribution in [0.2, 0.25) is 0 Å². The average molecular weight is 669 g/mol. The summed E-state index contributed by atoms with van der Waals surface area (Å²) in [5, 5.41) is -2.32. The first-order valence-corrected chi connectivity index (χ1v) is 14.4. The molecule has 0 bridgehead atoms. The smallest absolute Gasteiger partial charge is 0.164 e. The third-order valence-corrected chi connectivity index (χ3v) is 7.49. The van der Waals surface area contributed by atoms with Crippen molar-refractivity contribution in [3.05, 3.63) is 169 Å². The van der Waals surface area contributed by atoms with Crippen LogP contribution in [0.15, 0.2) is 174 Å². The van der Waals surface area contributed by atoms with E-state index >= 15 is 0 Å². The molecule has 0 aliphatic heterocycles. The Balaban J connectivity index is 1.43. The van der Waals surface area contributed by atoms with Crippen LogP contribution >= 0.6 is 0 Å². The highest BCUT2D eigenvalue weighted by Crippen LogP contribution is 2.40. The van der Waals surface area contributed by atoms with Gasteiger partial charge in [-0.2, -0.15) is 0 Å². The summed E-state index contributed by atoms with van der Waals surface area (Å²) in [6.45, 7) is 0. The minimum Gasteiger partial charge on any atom is -0.456 e. The maximum Gasteiger partial charge on any atom is 0.164 e. The third kappa shape index (κ3) is 4.60. The molecule has 0 N–H and O–H groups in total. The van der Waals surface area contributed by atoms with E-state index in [2.05, 4.69) is 15.0 Å². The molecule has 5 heteroatoms. The lowest BCUT2D eigenvalue weighted by atomic mass is 10.0. The van der Waals surface area contributed by atoms with Crippen LogP contribution in [-0.2, 0) is 0 Å². The van der Waals surface area contributed by atoms with Crippen molar-refractivity contribution in [2.45, 2.75) is 0 Å². The molecule has 3 heterocycles. The fourth-order valence-corrected chi connectivity index (χ4v) is 5.38. The van der Waals surface area contributed by atoms with Gasteiger partial charge in [0.1, 0.15) is 11.2 Å². The van der Waals surface area contributed by atoms with E-state index in [0.29, 0.717) is 0 Å². The van der Waals surface area contributed by atoms with Crippen LogP contribution in [0.3, 0.4) is 0 Å². The second-order valence-corrected chi connectivity index (χ2v) is 10.3. The minimum atomic E-state index is -0.997. The van der Waals surface area contributed by atoms with Gasteiger partial charge in [0.2, 0.25) is 0 Å². The summed E-state index contributed by atoms with van der Waals surface area (Å²) in [5.41, 5.74) is -7.17. The van der Waals surface area contributed by atoms with Gasteiger partial charge < -0.3 is 8.98 Å². The third-order valence-electron chi connectivity index (χ3n) is 7.49. The number of nitrogens with zero attached hydrogens (tertiary/aromatic N) is 4. The molecule has 7 aromatic carbocycles. The van der Waals surface area contributed by atoms with Crippen molar-refractivity contribution >= 4 is 43.7 Å². The Morgan fingerprint density at radius 3 is 1.66 bits per heavy atom. The second kappa shape index (κ2) is 11.4. The fraction of sp³-hybridized carbons (Fsp3) is 0. The van der Waals surface area contributed by atoms with Gasteiger partial charge in [-0.1, -0.05) is 133 Å². The molecule has 0 aliphatic rings. The molecule has 0 amide bonds. The van der Waals surface area contributed by atoms with Crippen molar-refractivity contribution in [3.63, 3.8) is 0 Å². The Morgan fingerprint density at radius 2 is 0.960 bits per heavy atom. The number of aromatic nitrogens is 4. The van der Waals surface area contributed by atoms with E-state index in [4.69, 9.17) is 31.8 Å². The Bertz CT molecular complexity index is 4320. The van der Waals surface area contributed by atoms with E-state index in [1.807, 2.05) is 0 Å². The van der Waals surface area contributed by atoms with Crippen LogP contribution in [0.5, 0.6) is 0 Å². The second-order valence-electron chi connectivity index (χ2n) is 10.3. The highest BCUT2D eigenvalue weighted by Gasteiger charge is 2.20. The van der Waals surface area contributed by atoms with Crippen molar-refractivity contribution in [3.8, 4) is 51.0 Å². The fourth-order valence-electron chi connectivity index (χ4n) is 5.38. The predicted molar refractivity (Wildman–Crippen MR) is 203 cm³/mol. The molecule has 10 rings (SSSR count). The van der Waals surface area contributed by atoms with Crippen LogP contribution < -0.4 is 0 Å². The zero-order valence-electron chi connectivity index (χ0n) is 52.7. The lowest BCUT2D eigenvalue weighted by Gasteiger charge is -2.11. The molecule has 3 aromatic heterocycles. The number of rotatable bonds is 5. The van der Waals surface area contributed by atoms with E-state index in [0.717, 1.165) is 4.57 Å². The molecule has 0 atom stereocenters. The van der Waals surface area contributed by atoms with Gasteiger partial charge in [-0.05, 0) is 47.4 Å². The Kier molecular flexibility index (Phi) is 2.72. The maximum atomic E-state index is 10.0. The Labute approximate surface area is 327 Å². The van der Waals surface area contributed by atoms with Gasteiger partial charge in [-0.25, -0.2) is 15.0 Å². The van der Waals surface area contributed by atoms with Gasteiger partial charge in [0.05, 0.1) is 60.5 Å². The molecule has 50 heavy (non-hydrogen) atoms. The van der Waals surface area contributed by atoms with Crippen molar-refractivity contribution in [1.29, 1.82) is 0 Å². The molecule has 0 aliphatic carbocycles. The molecule has 0 saturated carbocycles. The molecular formula is C45H28N4O. The average Bonchev–Trinajstić information content (AvgIpc) is 4.14. The monoisotopic (exact) mass is 668 g/mol. The quantitative estimate of drug-likeness (QED) is 0.183. The molecule has 234 valence electrons. The lowest BCUT2D eigenvalue weighted by Crippen LogP contribution is -2.00. The van der Waals surface area contributed by atoms with Crippen molar-refractivity contribution < 1.29 is 42.8 Å². The molecule has 0 spiro atoms. The summed E-state index contributed by atoms with van der Waals surface area (Å²) in [6.07, 6.45) is 0. The van der Waals surface area contributed by atoms with Crippen molar-refractivity contribution in [1.82, 2.24) is 19.5 Å². The first-order valence-electron chi connectivity index (χ1n) is 28.4. The van der Waals surface area contributed by atoms with Gasteiger partial charge in [0.25, 0.3) is 0 Å². The summed E-state index contributed by atoms with van der Waals surface area (Å²) >= 11 is 0. The van der Waals surface area contributed by atoms with Gasteiger partial charge in [-0.3, -0.25) is 0 Å². The first kappa shape index (κ1) is 11.9. The van der Waals surface area contributed by atoms with E-state index in [9.17, 15) is 11.0 Å². The Morgan fingerprint density at radius 1 is 0.400 bits per heavy atom. The number of hydrogen-bond acceptors (Lipinski definition) is 4. The van der Waals surface area contributed by atoms with E-state index in [1.54, 1.807) is 0 Å². The summed E-state index contributed by atoms with van der Waals surface area (Å²) in [4.78, 5) is 12.9. The SMILES string of the molecule is [2H]c1c([2H])c([2H])c(-c2nc(-c3c([2H])c([2H])c([2H])c([2H])c3[2H])nc(-c3c([2H])c([2H])c4c5c([2H])c([2H])c([2H])c([2H])c5n(-c5c([2H])c([2H])c([2H])c6oc7c([2H])c(-c8c([2H])c([2H])c([2H])c([2H])c8[2H])c([2H])c([2H])c7c56)c4c3[2H])n2)c([2H])c1[2H]. The number of hydrogen-bond donors (Lipinski definition) is 0. The van der Waals surface area contributed by atoms with E-state index in [1.165, 1.54) is 0 Å². The van der Waals surface area contributed by atoms with E-state index < -0.39 is 264 Å². The molecule has 0 unspecified atom stereocenters. The van der Waals surface area contributed by atoms with Crippen LogP contribution in [0.25, 0.3) is 94.7 Å². The molecule has 0 fully saturated rings. The lowest BCUT2D eigenvalue weighted by molar-refractivity contribution is 0.669. The van der Waals surface area contributed by atoms with Crippen LogP contribution in [0.1, 0.15) is 38.4 Å². The summed E-state index contributed by atoms with van der Waals surface area (Å²) in [5.74, 6) is -2.57. The normalized spacial score (nSPS) is 19.4. The van der Waals surface area contributed by atoms with Crippen LogP contribution in [-0.4, -0.2) is 19.5 Å². The number of furan rings is 1. The topological polar surface area (TPSA) is 56.7 Å². The van der Waals surface area contributed by atoms with Crippen LogP contribution in [0, 0.1) is 0 Å². The molecular weight excluding hydrogens is 613 g/mol. The summed E-state index contributed by atoms with van der Waals surface area (Å²) in [6, 6.07) is -25.3. The highest BCUT2D eigenvalue weighted by atomic mass is 16.3. The first-order chi connectivity index (χ1) is 36.4. The van der Waals surface area contributed by atoms with Crippen LogP contribution in [0.4, 0.5) is 0 Å². The van der Waals surface area contributed by atoms with Crippen molar-refractivity contribution in [2.24, 2.45) is 0 Å². The van der Waals surface area contributed by atoms with Gasteiger partial charge in [0.15, 0.2) is 17.5 Å². The minimum absolute atomic E-state index is 0.566. The number of benzene rings is 7. The largest absolute Gasteiger partial charge is 0.456 e. The zero-order valence-corrected chi connectivity index (χ0v) is 24.7. The molecule has 5 nitrogen and oxygen atoms in total.